The van der Waals surface area contributed by atoms with Crippen LogP contribution in [0.1, 0.15) is 27.2 Å². The van der Waals surface area contributed by atoms with Gasteiger partial charge in [-0.1, -0.05) is 6.92 Å². The highest BCUT2D eigenvalue weighted by atomic mass is 28.4. The van der Waals surface area contributed by atoms with Crippen molar-refractivity contribution in [2.45, 2.75) is 39.3 Å². The maximum atomic E-state index is 5.99. The smallest absolute Gasteiger partial charge is 0.337 e. The number of piperazine rings is 1. The molecule has 0 aromatic carbocycles. The minimum absolute atomic E-state index is 0.785. The summed E-state index contributed by atoms with van der Waals surface area (Å²) in [5, 5.41) is 3.39. The molecule has 0 bridgehead atoms. The third kappa shape index (κ3) is 5.36. The Labute approximate surface area is 113 Å². The van der Waals surface area contributed by atoms with E-state index in [1.807, 2.05) is 0 Å². The molecule has 1 heterocycles. The number of hydrogen-bond donors (Lipinski definition) is 1. The van der Waals surface area contributed by atoms with Crippen molar-refractivity contribution < 1.29 is 8.85 Å². The van der Waals surface area contributed by atoms with Gasteiger partial charge in [0.2, 0.25) is 0 Å². The molecule has 1 rings (SSSR count). The van der Waals surface area contributed by atoms with E-state index in [4.69, 9.17) is 8.85 Å². The van der Waals surface area contributed by atoms with Gasteiger partial charge in [-0.25, -0.2) is 0 Å². The number of rotatable bonds is 9. The topological polar surface area (TPSA) is 33.7 Å². The highest BCUT2D eigenvalue weighted by molar-refractivity contribution is 6.67. The Hall–Kier alpha value is 0.0569. The van der Waals surface area contributed by atoms with Crippen LogP contribution in [0.15, 0.2) is 0 Å². The van der Waals surface area contributed by atoms with E-state index in [2.05, 4.69) is 31.0 Å². The first kappa shape index (κ1) is 16.1. The molecule has 5 heteroatoms. The first-order valence-electron chi connectivity index (χ1n) is 7.47. The average Bonchev–Trinajstić information content (AvgIpc) is 2.40. The van der Waals surface area contributed by atoms with Crippen LogP contribution in [0.2, 0.25) is 12.1 Å². The lowest BCUT2D eigenvalue weighted by Gasteiger charge is -2.31. The normalized spacial score (nSPS) is 18.2. The number of nitrogens with zero attached hydrogens (tertiary/aromatic N) is 1. The van der Waals surface area contributed by atoms with Crippen LogP contribution >= 0.6 is 0 Å². The van der Waals surface area contributed by atoms with Crippen molar-refractivity contribution in [2.75, 3.05) is 45.9 Å². The van der Waals surface area contributed by atoms with Crippen LogP contribution < -0.4 is 5.32 Å². The Morgan fingerprint density at radius 1 is 1.06 bits per heavy atom. The Balaban J connectivity index is 2.30. The van der Waals surface area contributed by atoms with Crippen LogP contribution in [0, 0.1) is 0 Å². The molecule has 0 aromatic rings. The fourth-order valence-electron chi connectivity index (χ4n) is 2.60. The Morgan fingerprint density at radius 3 is 2.17 bits per heavy atom. The maximum absolute atomic E-state index is 5.99. The number of nitrogens with one attached hydrogen (secondary N) is 1. The lowest BCUT2D eigenvalue weighted by Crippen LogP contribution is -2.45. The van der Waals surface area contributed by atoms with Crippen molar-refractivity contribution in [3.63, 3.8) is 0 Å². The molecule has 0 unspecified atom stereocenters. The molecule has 1 saturated heterocycles. The second-order valence-corrected chi connectivity index (χ2v) is 8.43. The lowest BCUT2D eigenvalue weighted by molar-refractivity contribution is 0.178. The molecule has 0 saturated carbocycles. The molecule has 18 heavy (non-hydrogen) atoms. The Bertz CT molecular complexity index is 205. The Kier molecular flexibility index (Phi) is 8.09. The third-order valence-electron chi connectivity index (χ3n) is 3.60. The maximum Gasteiger partial charge on any atom is 0.337 e. The minimum Gasteiger partial charge on any atom is -0.394 e. The van der Waals surface area contributed by atoms with E-state index in [0.717, 1.165) is 38.4 Å². The molecule has 4 nitrogen and oxygen atoms in total. The van der Waals surface area contributed by atoms with Crippen molar-refractivity contribution >= 4 is 8.56 Å². The van der Waals surface area contributed by atoms with Gasteiger partial charge in [-0.3, -0.25) is 0 Å². The molecule has 0 aliphatic carbocycles. The highest BCUT2D eigenvalue weighted by Crippen LogP contribution is 2.21. The van der Waals surface area contributed by atoms with Crippen LogP contribution in [0.5, 0.6) is 0 Å². The molecule has 1 fully saturated rings. The second kappa shape index (κ2) is 9.04. The van der Waals surface area contributed by atoms with Gasteiger partial charge >= 0.3 is 8.56 Å². The van der Waals surface area contributed by atoms with E-state index in [1.54, 1.807) is 0 Å². The van der Waals surface area contributed by atoms with Crippen LogP contribution in [0.3, 0.4) is 0 Å². The monoisotopic (exact) mass is 274 g/mol. The average molecular weight is 274 g/mol. The van der Waals surface area contributed by atoms with E-state index < -0.39 is 8.56 Å². The molecule has 0 amide bonds. The summed E-state index contributed by atoms with van der Waals surface area (Å²) >= 11 is 0. The van der Waals surface area contributed by atoms with Crippen molar-refractivity contribution in [1.82, 2.24) is 10.2 Å². The first-order chi connectivity index (χ1) is 8.76. The van der Waals surface area contributed by atoms with E-state index in [1.165, 1.54) is 26.1 Å². The molecule has 0 radical (unpaired) electrons. The quantitative estimate of drug-likeness (QED) is 0.650. The summed E-state index contributed by atoms with van der Waals surface area (Å²) in [7, 11) is -1.90. The zero-order valence-corrected chi connectivity index (χ0v) is 13.3. The Morgan fingerprint density at radius 2 is 1.67 bits per heavy atom. The van der Waals surface area contributed by atoms with Crippen LogP contribution in [0.25, 0.3) is 0 Å². The number of hydrogen-bond acceptors (Lipinski definition) is 4. The van der Waals surface area contributed by atoms with Gasteiger partial charge in [0.1, 0.15) is 0 Å². The summed E-state index contributed by atoms with van der Waals surface area (Å²) in [6.07, 6.45) is 1.21. The predicted molar refractivity (Wildman–Crippen MR) is 78.2 cm³/mol. The minimum atomic E-state index is -1.90. The largest absolute Gasteiger partial charge is 0.394 e. The fourth-order valence-corrected chi connectivity index (χ4v) is 5.48. The zero-order valence-electron chi connectivity index (χ0n) is 12.3. The molecule has 0 spiro atoms. The summed E-state index contributed by atoms with van der Waals surface area (Å²) in [6, 6.07) is 2.20. The SMILES string of the molecule is CCO[Si](CC)(CCCN1CCNCC1)OCC. The standard InChI is InChI=1S/C13H30N2O2Si/c1-4-16-18(6-3,17-5-2)13-7-10-15-11-8-14-9-12-15/h14H,4-13H2,1-3H3. The van der Waals surface area contributed by atoms with Gasteiger partial charge in [-0.15, -0.1) is 0 Å². The van der Waals surface area contributed by atoms with Gasteiger partial charge in [0.15, 0.2) is 0 Å². The van der Waals surface area contributed by atoms with E-state index in [9.17, 15) is 0 Å². The van der Waals surface area contributed by atoms with Crippen molar-refractivity contribution in [3.8, 4) is 0 Å². The van der Waals surface area contributed by atoms with Crippen LogP contribution in [-0.4, -0.2) is 59.4 Å². The summed E-state index contributed by atoms with van der Waals surface area (Å²) in [6.45, 7) is 13.8. The summed E-state index contributed by atoms with van der Waals surface area (Å²) in [5.74, 6) is 0. The second-order valence-electron chi connectivity index (χ2n) is 4.83. The van der Waals surface area contributed by atoms with Crippen molar-refractivity contribution in [3.05, 3.63) is 0 Å². The van der Waals surface area contributed by atoms with Gasteiger partial charge in [0.05, 0.1) is 0 Å². The molecular formula is C13H30N2O2Si. The predicted octanol–water partition coefficient (Wildman–Crippen LogP) is 1.82. The van der Waals surface area contributed by atoms with E-state index >= 15 is 0 Å². The van der Waals surface area contributed by atoms with Gasteiger partial charge in [0, 0.05) is 39.4 Å². The lowest BCUT2D eigenvalue weighted by atomic mass is 10.3. The molecule has 1 aliphatic rings. The first-order valence-corrected chi connectivity index (χ1v) is 9.70. The van der Waals surface area contributed by atoms with Gasteiger partial charge in [0.25, 0.3) is 0 Å². The van der Waals surface area contributed by atoms with E-state index in [-0.39, 0.29) is 0 Å². The summed E-state index contributed by atoms with van der Waals surface area (Å²) in [5.41, 5.74) is 0. The third-order valence-corrected chi connectivity index (χ3v) is 7.42. The molecule has 0 atom stereocenters. The molecule has 108 valence electrons. The highest BCUT2D eigenvalue weighted by Gasteiger charge is 2.34. The van der Waals surface area contributed by atoms with Crippen molar-refractivity contribution in [1.29, 1.82) is 0 Å². The summed E-state index contributed by atoms with van der Waals surface area (Å²) in [4.78, 5) is 2.54. The molecule has 1 N–H and O–H groups in total. The van der Waals surface area contributed by atoms with Crippen LogP contribution in [0.4, 0.5) is 0 Å². The van der Waals surface area contributed by atoms with E-state index in [0.29, 0.717) is 0 Å². The van der Waals surface area contributed by atoms with Crippen molar-refractivity contribution in [2.24, 2.45) is 0 Å². The summed E-state index contributed by atoms with van der Waals surface area (Å²) < 4.78 is 12.0. The van der Waals surface area contributed by atoms with Crippen LogP contribution in [-0.2, 0) is 8.85 Å². The van der Waals surface area contributed by atoms with Gasteiger partial charge in [-0.05, 0) is 38.9 Å². The molecule has 0 aromatic heterocycles. The zero-order chi connectivity index (χ0) is 13.3. The van der Waals surface area contributed by atoms with Gasteiger partial charge < -0.3 is 19.1 Å². The fraction of sp³-hybridized carbons (Fsp3) is 1.00. The molecular weight excluding hydrogens is 244 g/mol. The van der Waals surface area contributed by atoms with Gasteiger partial charge in [-0.2, -0.15) is 0 Å². The molecule has 1 aliphatic heterocycles.